The van der Waals surface area contributed by atoms with Gasteiger partial charge in [-0.2, -0.15) is 0 Å². The van der Waals surface area contributed by atoms with Crippen LogP contribution in [0.2, 0.25) is 0 Å². The number of aryl methyl sites for hydroxylation is 1. The molecular formula is C88H94F3N17O9. The lowest BCUT2D eigenvalue weighted by molar-refractivity contribution is 0.164. The summed E-state index contributed by atoms with van der Waals surface area (Å²) in [5.41, 5.74) is 11.2. The van der Waals surface area contributed by atoms with Gasteiger partial charge in [0, 0.05) is 162 Å². The van der Waals surface area contributed by atoms with Gasteiger partial charge in [0.15, 0.2) is 46.1 Å². The third kappa shape index (κ3) is 16.9. The fourth-order valence-corrected chi connectivity index (χ4v) is 17.2. The third-order valence-corrected chi connectivity index (χ3v) is 23.5. The van der Waals surface area contributed by atoms with Crippen LogP contribution in [0, 0.1) is 48.0 Å². The SMILES string of the molecule is COc1ccc(-c2cc(=O)n3cc(C4CCN(CCO)CC4)ccc3n2)cc1OC.COc1ccc(-c2cc(=O)n3cc(N4C[C@H]5CN(C)C[C@H]5C4)ccc3n2)cc1F.COc1ccc(-c2cc(=O)n3cc(N4C[C@H]5CNC[C@H]5C4)ccc3n2)cc1F.Cc1cn2cc(-c3cc(=O)n4cc(N5CCCN(C)CC5)ccc4n3)cc(F)c2n1. The molecule has 2 N–H and O–H groups in total. The van der Waals surface area contributed by atoms with Gasteiger partial charge < -0.3 is 63.2 Å². The Morgan fingerprint density at radius 3 is 1.35 bits per heavy atom. The first-order chi connectivity index (χ1) is 56.7. The fraction of sp³-hybridized carbons (Fsp3) is 0.352. The van der Waals surface area contributed by atoms with E-state index in [-0.39, 0.29) is 46.0 Å². The highest BCUT2D eigenvalue weighted by atomic mass is 19.1. The van der Waals surface area contributed by atoms with Gasteiger partial charge in [-0.1, -0.05) is 6.07 Å². The summed E-state index contributed by atoms with van der Waals surface area (Å²) in [5, 5.41) is 12.6. The molecule has 606 valence electrons. The van der Waals surface area contributed by atoms with Crippen molar-refractivity contribution in [2.45, 2.75) is 32.1 Å². The molecule has 0 unspecified atom stereocenters. The summed E-state index contributed by atoms with van der Waals surface area (Å²) in [6, 6.07) is 37.5. The molecule has 16 heterocycles. The van der Waals surface area contributed by atoms with E-state index in [1.807, 2.05) is 92.4 Å². The maximum absolute atomic E-state index is 14.5. The topological polar surface area (TPSA) is 243 Å². The fourth-order valence-electron chi connectivity index (χ4n) is 17.2. The van der Waals surface area contributed by atoms with E-state index in [2.05, 4.69) is 74.8 Å². The minimum Gasteiger partial charge on any atom is -0.494 e. The number of piperidine rings is 1. The first-order valence-electron chi connectivity index (χ1n) is 39.6. The van der Waals surface area contributed by atoms with Crippen molar-refractivity contribution in [1.82, 2.24) is 66.9 Å². The lowest BCUT2D eigenvalue weighted by atomic mass is 9.90. The van der Waals surface area contributed by atoms with Gasteiger partial charge in [-0.3, -0.25) is 36.8 Å². The van der Waals surface area contributed by atoms with Gasteiger partial charge in [-0.05, 0) is 198 Å². The van der Waals surface area contributed by atoms with Gasteiger partial charge in [0.25, 0.3) is 22.2 Å². The van der Waals surface area contributed by atoms with Crippen molar-refractivity contribution in [3.05, 3.63) is 241 Å². The predicted molar refractivity (Wildman–Crippen MR) is 446 cm³/mol. The first kappa shape index (κ1) is 78.8. The molecule has 3 aromatic carbocycles. The molecule has 6 aliphatic heterocycles. The average molecular weight is 1590 g/mol. The molecule has 19 rings (SSSR count). The molecule has 0 amide bonds. The molecule has 29 heteroatoms. The van der Waals surface area contributed by atoms with Crippen LogP contribution in [0.15, 0.2) is 190 Å². The minimum absolute atomic E-state index is 0.107. The van der Waals surface area contributed by atoms with Crippen LogP contribution in [0.25, 0.3) is 73.3 Å². The lowest BCUT2D eigenvalue weighted by Crippen LogP contribution is -2.35. The van der Waals surface area contributed by atoms with Crippen molar-refractivity contribution >= 4 is 45.3 Å². The summed E-state index contributed by atoms with van der Waals surface area (Å²) >= 11 is 0. The van der Waals surface area contributed by atoms with Crippen molar-refractivity contribution in [3.63, 3.8) is 0 Å². The number of pyridine rings is 5. The second kappa shape index (κ2) is 34.0. The zero-order chi connectivity index (χ0) is 81.3. The van der Waals surface area contributed by atoms with Crippen LogP contribution >= 0.6 is 0 Å². The molecule has 13 aromatic rings. The second-order valence-electron chi connectivity index (χ2n) is 31.1. The smallest absolute Gasteiger partial charge is 0.258 e. The molecular weight excluding hydrogens is 1500 g/mol. The number of hydrogen-bond acceptors (Lipinski definition) is 21. The van der Waals surface area contributed by atoms with Crippen LogP contribution in [-0.2, 0) is 0 Å². The number of halogens is 3. The number of aliphatic hydroxyl groups excluding tert-OH is 1. The minimum atomic E-state index is -0.480. The number of benzene rings is 3. The quantitative estimate of drug-likeness (QED) is 0.103. The zero-order valence-electron chi connectivity index (χ0n) is 66.5. The molecule has 6 saturated heterocycles. The van der Waals surface area contributed by atoms with E-state index in [9.17, 15) is 32.3 Å². The number of methoxy groups -OCH3 is 4. The molecule has 0 bridgehead atoms. The second-order valence-corrected chi connectivity index (χ2v) is 31.1. The molecule has 26 nitrogen and oxygen atoms in total. The third-order valence-electron chi connectivity index (χ3n) is 23.5. The Morgan fingerprint density at radius 1 is 0.419 bits per heavy atom. The Bertz CT molecular complexity index is 6100. The number of rotatable bonds is 14. The monoisotopic (exact) mass is 1590 g/mol. The number of fused-ring (bicyclic) bond motifs is 7. The molecule has 0 radical (unpaired) electrons. The largest absolute Gasteiger partial charge is 0.494 e. The van der Waals surface area contributed by atoms with Crippen molar-refractivity contribution in [3.8, 4) is 68.0 Å². The van der Waals surface area contributed by atoms with Crippen LogP contribution in [0.1, 0.15) is 36.4 Å². The number of nitrogens with one attached hydrogen (secondary N) is 1. The molecule has 10 aromatic heterocycles. The summed E-state index contributed by atoms with van der Waals surface area (Å²) in [6.45, 7) is 17.1. The van der Waals surface area contributed by atoms with Crippen LogP contribution in [0.3, 0.4) is 0 Å². The molecule has 6 fully saturated rings. The van der Waals surface area contributed by atoms with Crippen molar-refractivity contribution in [1.29, 1.82) is 0 Å². The average Bonchev–Trinajstić information content (AvgIpc) is 1.74. The maximum atomic E-state index is 14.5. The highest BCUT2D eigenvalue weighted by Gasteiger charge is 2.39. The Kier molecular flexibility index (Phi) is 22.9. The van der Waals surface area contributed by atoms with Gasteiger partial charge in [-0.25, -0.2) is 38.1 Å². The van der Waals surface area contributed by atoms with Crippen LogP contribution in [-0.4, -0.2) is 214 Å². The summed E-state index contributed by atoms with van der Waals surface area (Å²) in [5.74, 6) is 3.32. The molecule has 0 saturated carbocycles. The molecule has 0 aliphatic carbocycles. The van der Waals surface area contributed by atoms with E-state index in [1.54, 1.807) is 72.9 Å². The Hall–Kier alpha value is -12.0. The molecule has 4 atom stereocenters. The number of aromatic nitrogens is 10. The Labute approximate surface area is 672 Å². The number of aliphatic hydroxyl groups is 1. The highest BCUT2D eigenvalue weighted by molar-refractivity contribution is 5.69. The van der Waals surface area contributed by atoms with Gasteiger partial charge >= 0.3 is 0 Å². The van der Waals surface area contributed by atoms with Crippen molar-refractivity contribution in [2.75, 3.05) is 162 Å². The summed E-state index contributed by atoms with van der Waals surface area (Å²) in [4.78, 5) is 87.8. The predicted octanol–water partition coefficient (Wildman–Crippen LogP) is 9.82. The standard InChI is InChI=1S/C23H27N3O4.C22H23FN6O.C22H23FN4O2.C21H21FN4O2/c1-29-20-5-3-17(13-21(20)30-2)19-14-23(28)26-15-18(4-6-22(26)24-19)16-7-9-25(10-8-16)11-12-27;1-15-12-28-13-16(10-18(23)22(28)24-15)19-11-21(30)29-14-17(4-5-20(29)25-19)27-7-3-6-26(2)8-9-27;1-25-9-15-11-26(12-16(15)10-25)17-4-6-21-24-19(8-22(28)27(21)13-17)14-3-5-20(29-2)18(23)7-14;1-28-19-4-2-13(6-17(19)22)18-7-21(27)26-12-16(3-5-20(26)24-18)25-10-14-8-23-9-15(14)11-25/h3-6,13-16,27H,7-12H2,1-2H3;4-5,10-14H,3,6-9H2,1-2H3;3-8,13,15-16H,9-12H2,1-2H3;2-7,12,14-15,23H,8-11H2,1H3/t;;15-,16+;14-,15+. The number of likely N-dealkylation sites (N-methyl/N-ethyl adjacent to an activating group) is 1. The van der Waals surface area contributed by atoms with Crippen LogP contribution in [0.5, 0.6) is 23.0 Å². The van der Waals surface area contributed by atoms with Gasteiger partial charge in [0.2, 0.25) is 0 Å². The van der Waals surface area contributed by atoms with E-state index >= 15 is 0 Å². The number of nitrogens with zero attached hydrogens (tertiary/aromatic N) is 16. The number of β-amino-alcohol motifs (C(OH)–C–C–N with tert-alkyl or cyclic N) is 1. The van der Waals surface area contributed by atoms with Gasteiger partial charge in [0.1, 0.15) is 22.6 Å². The van der Waals surface area contributed by atoms with Crippen molar-refractivity contribution in [2.24, 2.45) is 23.7 Å². The Balaban J connectivity index is 0.000000117. The number of likely N-dealkylation sites (tertiary alicyclic amines) is 2. The number of anilines is 3. The molecule has 6 aliphatic rings. The number of ether oxygens (including phenoxy) is 4. The molecule has 0 spiro atoms. The first-order valence-corrected chi connectivity index (χ1v) is 39.6. The summed E-state index contributed by atoms with van der Waals surface area (Å²) < 4.78 is 71.1. The van der Waals surface area contributed by atoms with E-state index in [0.717, 1.165) is 151 Å². The highest BCUT2D eigenvalue weighted by Crippen LogP contribution is 2.37. The summed E-state index contributed by atoms with van der Waals surface area (Å²) in [6.07, 6.45) is 14.1. The van der Waals surface area contributed by atoms with E-state index in [4.69, 9.17) is 29.0 Å². The zero-order valence-corrected chi connectivity index (χ0v) is 66.5. The van der Waals surface area contributed by atoms with Gasteiger partial charge in [-0.15, -0.1) is 0 Å². The Morgan fingerprint density at radius 2 is 0.863 bits per heavy atom. The summed E-state index contributed by atoms with van der Waals surface area (Å²) in [7, 11) is 10.3. The van der Waals surface area contributed by atoms with Crippen LogP contribution < -0.4 is 61.2 Å². The lowest BCUT2D eigenvalue weighted by Gasteiger charge is -2.31. The normalized spacial score (nSPS) is 18.5. The van der Waals surface area contributed by atoms with Crippen LogP contribution in [0.4, 0.5) is 30.2 Å². The van der Waals surface area contributed by atoms with E-state index in [0.29, 0.717) is 103 Å². The molecule has 117 heavy (non-hydrogen) atoms. The van der Waals surface area contributed by atoms with E-state index < -0.39 is 17.5 Å². The van der Waals surface area contributed by atoms with Crippen molar-refractivity contribution < 1.29 is 37.2 Å². The maximum Gasteiger partial charge on any atom is 0.258 e. The number of hydrogen-bond donors (Lipinski definition) is 2. The number of imidazole rings is 1. The van der Waals surface area contributed by atoms with Gasteiger partial charge in [0.05, 0.1) is 80.6 Å². The van der Waals surface area contributed by atoms with E-state index in [1.165, 1.54) is 56.7 Å².